The summed E-state index contributed by atoms with van der Waals surface area (Å²) in [7, 11) is 0. The molecular formula is CH9CoN6O2S-3. The molecule has 8 nitrogen and oxygen atoms in total. The van der Waals surface area contributed by atoms with Gasteiger partial charge in [0.15, 0.2) is 0 Å². The Bertz CT molecular complexity index is 65.6. The summed E-state index contributed by atoms with van der Waals surface area (Å²) in [5.41, 5.74) is 0. The first-order valence-electron chi connectivity index (χ1n) is 0.819. The van der Waals surface area contributed by atoms with Gasteiger partial charge in [0.05, 0.1) is 5.16 Å². The summed E-state index contributed by atoms with van der Waals surface area (Å²) >= 11 is 3.81. The van der Waals surface area contributed by atoms with Gasteiger partial charge in [-0.25, -0.2) is 5.41 Å². The number of thiocarbonyl (C=S) groups is 1. The molecule has 0 saturated carbocycles. The Balaban J connectivity index is -0.00000000400. The van der Waals surface area contributed by atoms with Crippen LogP contribution in [0.4, 0.5) is 0 Å². The molecule has 0 aromatic rings. The van der Waals surface area contributed by atoms with Crippen LogP contribution in [0.15, 0.2) is 5.34 Å². The van der Waals surface area contributed by atoms with Crippen molar-refractivity contribution in [3.05, 3.63) is 34.7 Å². The fourth-order valence-electron chi connectivity index (χ4n) is 0. The molecular weight excluding hydrogens is 219 g/mol. The number of nitrogens with one attached hydrogen (secondary N) is 1. The van der Waals surface area contributed by atoms with Crippen molar-refractivity contribution in [1.29, 1.82) is 5.41 Å². The van der Waals surface area contributed by atoms with Crippen molar-refractivity contribution in [2.75, 3.05) is 0 Å². The molecule has 9 N–H and O–H groups in total. The van der Waals surface area contributed by atoms with Gasteiger partial charge in [0.25, 0.3) is 0 Å². The number of nitrogens with two attached hydrogens (primary N) is 4. The monoisotopic (exact) mass is 228 g/mol. The topological polar surface area (TPSA) is 210 Å². The predicted octanol–water partition coefficient (Wildman–Crippen LogP) is 3.78. The van der Waals surface area contributed by atoms with E-state index in [-0.39, 0.29) is 41.4 Å². The molecule has 0 amide bonds. The largest absolute Gasteiger partial charge is 2.00 e. The van der Waals surface area contributed by atoms with Gasteiger partial charge in [0.2, 0.25) is 0 Å². The van der Waals surface area contributed by atoms with Crippen molar-refractivity contribution in [2.45, 2.75) is 0 Å². The Morgan fingerprint density at radius 3 is 1.27 bits per heavy atom. The molecule has 0 aliphatic carbocycles. The van der Waals surface area contributed by atoms with Gasteiger partial charge in [-0.05, 0) is 12.2 Å². The summed E-state index contributed by atoms with van der Waals surface area (Å²) in [6, 6.07) is 0. The molecule has 0 aromatic heterocycles. The molecule has 73 valence electrons. The van der Waals surface area contributed by atoms with Gasteiger partial charge in [-0.15, -0.1) is 5.34 Å². The van der Waals surface area contributed by atoms with E-state index in [9.17, 15) is 0 Å². The van der Waals surface area contributed by atoms with Crippen molar-refractivity contribution in [3.63, 3.8) is 0 Å². The normalized spacial score (nSPS) is 1.82. The van der Waals surface area contributed by atoms with E-state index in [1.807, 2.05) is 0 Å². The smallest absolute Gasteiger partial charge is 0.693 e. The summed E-state index contributed by atoms with van der Waals surface area (Å²) in [5, 5.41) is 16.4. The van der Waals surface area contributed by atoms with E-state index in [0.717, 1.165) is 5.34 Å². The zero-order chi connectivity index (χ0) is 5.41. The SMILES string of the molecule is N=C=S.O=N[O-].[Co+2].[NH2-].[NH2-].[NH2-].[NH2-]. The van der Waals surface area contributed by atoms with Gasteiger partial charge in [-0.2, -0.15) is 0 Å². The molecule has 0 aliphatic rings. The third-order valence-corrected chi connectivity index (χ3v) is 0. The van der Waals surface area contributed by atoms with Crippen LogP contribution in [0, 0.1) is 15.5 Å². The van der Waals surface area contributed by atoms with Gasteiger partial charge in [-0.3, -0.25) is 0 Å². The Labute approximate surface area is 80.1 Å². The van der Waals surface area contributed by atoms with E-state index >= 15 is 0 Å². The van der Waals surface area contributed by atoms with Crippen LogP contribution in [-0.4, -0.2) is 5.16 Å². The first-order chi connectivity index (χ1) is 2.83. The second kappa shape index (κ2) is 292. The minimum atomic E-state index is 0. The fourth-order valence-corrected chi connectivity index (χ4v) is 0. The Kier molecular flexibility index (Phi) is 2030. The first kappa shape index (κ1) is 76.4. The standard InChI is InChI=1S/CHNS.Co.HNO2.4H2N/c2-1-3;;2-1-3;;;;/h2H;;(H,2,3);4*1H2/q;+2;;4*-1/p-1. The van der Waals surface area contributed by atoms with Crippen molar-refractivity contribution in [3.8, 4) is 0 Å². The van der Waals surface area contributed by atoms with Crippen molar-refractivity contribution >= 4 is 17.4 Å². The van der Waals surface area contributed by atoms with Crippen LogP contribution in [-0.2, 0) is 16.8 Å². The summed E-state index contributed by atoms with van der Waals surface area (Å²) in [4.78, 5) is 8.00. The van der Waals surface area contributed by atoms with Crippen molar-refractivity contribution in [2.24, 2.45) is 5.34 Å². The van der Waals surface area contributed by atoms with Crippen LogP contribution < -0.4 is 0 Å². The Morgan fingerprint density at radius 1 is 1.27 bits per heavy atom. The maximum absolute atomic E-state index is 8.00. The predicted molar refractivity (Wildman–Crippen MR) is 45.6 cm³/mol. The zero-order valence-electron chi connectivity index (χ0n) is 5.31. The van der Waals surface area contributed by atoms with Gasteiger partial charge >= 0.3 is 16.8 Å². The molecule has 0 heterocycles. The molecule has 0 aromatic carbocycles. The van der Waals surface area contributed by atoms with Crippen LogP contribution in [0.25, 0.3) is 24.6 Å². The molecule has 0 fully saturated rings. The molecule has 0 unspecified atom stereocenters. The second-order valence-corrected chi connectivity index (χ2v) is 0.381. The molecule has 10 heteroatoms. The molecule has 0 bridgehead atoms. The third kappa shape index (κ3) is 2640. The molecule has 0 rings (SSSR count). The fraction of sp³-hybridized carbons (Fsp3) is 0. The summed E-state index contributed by atoms with van der Waals surface area (Å²) < 4.78 is 0. The van der Waals surface area contributed by atoms with Gasteiger partial charge in [-0.1, -0.05) is 0 Å². The summed E-state index contributed by atoms with van der Waals surface area (Å²) in [6.45, 7) is 0. The maximum Gasteiger partial charge on any atom is 2.00 e. The number of rotatable bonds is 0. The Hall–Kier alpha value is -0.454. The van der Waals surface area contributed by atoms with Crippen LogP contribution in [0.2, 0.25) is 0 Å². The zero-order valence-corrected chi connectivity index (χ0v) is 7.17. The van der Waals surface area contributed by atoms with Gasteiger partial charge in [0.1, 0.15) is 0 Å². The molecule has 11 heavy (non-hydrogen) atoms. The van der Waals surface area contributed by atoms with E-state index in [1.165, 1.54) is 0 Å². The summed E-state index contributed by atoms with van der Waals surface area (Å²) in [6.07, 6.45) is 0. The van der Waals surface area contributed by atoms with E-state index in [0.29, 0.717) is 0 Å². The maximum atomic E-state index is 8.00. The van der Waals surface area contributed by atoms with Crippen LogP contribution in [0.5, 0.6) is 0 Å². The minimum absolute atomic E-state index is 0. The van der Waals surface area contributed by atoms with Gasteiger partial charge < -0.3 is 34.7 Å². The first-order valence-corrected chi connectivity index (χ1v) is 1.23. The van der Waals surface area contributed by atoms with E-state index in [4.69, 9.17) is 15.5 Å². The minimum Gasteiger partial charge on any atom is -0.693 e. The molecule has 1 radical (unpaired) electrons. The number of isothiocyanates is 1. The van der Waals surface area contributed by atoms with Crippen molar-refractivity contribution in [1.82, 2.24) is 0 Å². The molecule has 0 saturated heterocycles. The average molecular weight is 228 g/mol. The molecule has 0 atom stereocenters. The Morgan fingerprint density at radius 2 is 1.27 bits per heavy atom. The average Bonchev–Trinajstić information content (AvgIpc) is 1.39. The van der Waals surface area contributed by atoms with E-state index in [2.05, 4.69) is 12.2 Å². The molecule has 0 spiro atoms. The van der Waals surface area contributed by atoms with E-state index < -0.39 is 0 Å². The second-order valence-electron chi connectivity index (χ2n) is 0.177. The van der Waals surface area contributed by atoms with Crippen LogP contribution in [0.1, 0.15) is 0 Å². The van der Waals surface area contributed by atoms with Crippen LogP contribution in [0.3, 0.4) is 0 Å². The van der Waals surface area contributed by atoms with Crippen molar-refractivity contribution < 1.29 is 16.8 Å². The molecule has 0 aliphatic heterocycles. The number of hydrogen-bond acceptors (Lipinski definition) is 5. The number of nitrogens with zero attached hydrogens (tertiary/aromatic N) is 1. The van der Waals surface area contributed by atoms with Crippen LogP contribution >= 0.6 is 12.2 Å². The summed E-state index contributed by atoms with van der Waals surface area (Å²) in [5.74, 6) is 0. The quantitative estimate of drug-likeness (QED) is 0.283. The van der Waals surface area contributed by atoms with E-state index in [1.54, 1.807) is 5.16 Å². The third-order valence-electron chi connectivity index (χ3n) is 0. The van der Waals surface area contributed by atoms with Gasteiger partial charge in [0, 0.05) is 0 Å². The number of hydrogen-bond donors (Lipinski definition) is 1.